The Balaban J connectivity index is 1.49. The van der Waals surface area contributed by atoms with Crippen molar-refractivity contribution in [2.24, 2.45) is 0 Å². The Hall–Kier alpha value is -3.70. The van der Waals surface area contributed by atoms with E-state index in [0.717, 1.165) is 0 Å². The molecule has 5 N–H and O–H groups in total. The lowest BCUT2D eigenvalue weighted by atomic mass is 10.1. The number of urea groups is 1. The summed E-state index contributed by atoms with van der Waals surface area (Å²) in [6.45, 7) is 6.22. The molecule has 2 unspecified atom stereocenters. The molecule has 39 heavy (non-hydrogen) atoms. The third-order valence-corrected chi connectivity index (χ3v) is 8.23. The van der Waals surface area contributed by atoms with Crippen molar-refractivity contribution in [1.29, 1.82) is 0 Å². The third kappa shape index (κ3) is 5.55. The number of aliphatic hydroxyl groups is 2. The SMILES string of the molecule is CCNC(=O)[C@H]1O[C@@H](n2cnc3c(NC(=O)Nc4ccc(S(=O)(=O)N(CC)CC)cc4)ncnc32)C(O)C1O. The predicted octanol–water partition coefficient (Wildman–Crippen LogP) is 0.256. The molecular weight excluding hydrogens is 532 g/mol. The monoisotopic (exact) mass is 562 g/mol. The number of carbonyl (C=O) groups is 2. The van der Waals surface area contributed by atoms with E-state index >= 15 is 0 Å². The number of aliphatic hydroxyl groups excluding tert-OH is 2. The minimum Gasteiger partial charge on any atom is -0.387 e. The molecule has 4 atom stereocenters. The van der Waals surface area contributed by atoms with E-state index in [9.17, 15) is 28.2 Å². The largest absolute Gasteiger partial charge is 0.387 e. The fraction of sp³-hybridized carbons (Fsp3) is 0.435. The summed E-state index contributed by atoms with van der Waals surface area (Å²) in [5, 5.41) is 28.5. The van der Waals surface area contributed by atoms with Crippen molar-refractivity contribution in [3.05, 3.63) is 36.9 Å². The van der Waals surface area contributed by atoms with E-state index in [0.29, 0.717) is 25.3 Å². The first kappa shape index (κ1) is 28.3. The summed E-state index contributed by atoms with van der Waals surface area (Å²) >= 11 is 0. The highest BCUT2D eigenvalue weighted by Crippen LogP contribution is 2.32. The number of benzene rings is 1. The second kappa shape index (κ2) is 11.6. The number of sulfonamides is 1. The van der Waals surface area contributed by atoms with Crippen LogP contribution in [0.25, 0.3) is 11.2 Å². The van der Waals surface area contributed by atoms with Gasteiger partial charge in [-0.05, 0) is 31.2 Å². The number of anilines is 2. The topological polar surface area (TPSA) is 201 Å². The molecule has 3 amide bonds. The maximum absolute atomic E-state index is 12.7. The molecule has 0 aliphatic carbocycles. The van der Waals surface area contributed by atoms with Gasteiger partial charge >= 0.3 is 6.03 Å². The van der Waals surface area contributed by atoms with Crippen LogP contribution in [0.3, 0.4) is 0 Å². The molecular formula is C23H30N8O7S. The van der Waals surface area contributed by atoms with Gasteiger partial charge in [0.1, 0.15) is 18.5 Å². The fourth-order valence-corrected chi connectivity index (χ4v) is 5.66. The quantitative estimate of drug-likeness (QED) is 0.241. The van der Waals surface area contributed by atoms with Crippen LogP contribution in [0.5, 0.6) is 0 Å². The summed E-state index contributed by atoms with van der Waals surface area (Å²) in [7, 11) is -3.63. The molecule has 3 heterocycles. The summed E-state index contributed by atoms with van der Waals surface area (Å²) in [4.78, 5) is 37.4. The number of hydrogen-bond donors (Lipinski definition) is 5. The molecule has 0 radical (unpaired) electrons. The highest BCUT2D eigenvalue weighted by molar-refractivity contribution is 7.89. The van der Waals surface area contributed by atoms with E-state index in [-0.39, 0.29) is 21.9 Å². The minimum atomic E-state index is -3.63. The fourth-order valence-electron chi connectivity index (χ4n) is 4.20. The van der Waals surface area contributed by atoms with Gasteiger partial charge < -0.3 is 25.6 Å². The zero-order valence-corrected chi connectivity index (χ0v) is 22.3. The van der Waals surface area contributed by atoms with Crippen LogP contribution in [0.4, 0.5) is 16.3 Å². The number of imidazole rings is 1. The maximum Gasteiger partial charge on any atom is 0.324 e. The summed E-state index contributed by atoms with van der Waals surface area (Å²) in [6.07, 6.45) is -2.92. The van der Waals surface area contributed by atoms with Crippen LogP contribution in [-0.2, 0) is 19.6 Å². The van der Waals surface area contributed by atoms with Gasteiger partial charge in [0.05, 0.1) is 11.2 Å². The average Bonchev–Trinajstić information content (AvgIpc) is 3.46. The lowest BCUT2D eigenvalue weighted by Gasteiger charge is -2.18. The standard InChI is InChI=1S/C23H30N8O7S/c1-4-24-21(34)18-16(32)17(33)22(38-18)31-12-27-15-19(25-11-26-20(15)31)29-23(35)28-13-7-9-14(10-8-13)39(36,37)30(5-2)6-3/h7-12,16-18,22,32-33H,4-6H2,1-3H3,(H,24,34)(H2,25,26,28,29,35)/t16?,17?,18-,22+/m0/s1. The number of amides is 3. The molecule has 1 aliphatic heterocycles. The van der Waals surface area contributed by atoms with E-state index in [1.54, 1.807) is 20.8 Å². The number of nitrogens with one attached hydrogen (secondary N) is 3. The van der Waals surface area contributed by atoms with Crippen LogP contribution < -0.4 is 16.0 Å². The van der Waals surface area contributed by atoms with Crippen molar-refractivity contribution >= 4 is 44.6 Å². The van der Waals surface area contributed by atoms with Crippen molar-refractivity contribution in [3.8, 4) is 0 Å². The molecule has 0 bridgehead atoms. The number of aromatic nitrogens is 4. The van der Waals surface area contributed by atoms with Gasteiger partial charge in [-0.15, -0.1) is 0 Å². The van der Waals surface area contributed by atoms with E-state index in [2.05, 4.69) is 30.9 Å². The molecule has 1 saturated heterocycles. The lowest BCUT2D eigenvalue weighted by Crippen LogP contribution is -2.42. The predicted molar refractivity (Wildman–Crippen MR) is 139 cm³/mol. The molecule has 0 saturated carbocycles. The van der Waals surface area contributed by atoms with Crippen molar-refractivity contribution in [1.82, 2.24) is 29.1 Å². The highest BCUT2D eigenvalue weighted by atomic mass is 32.2. The van der Waals surface area contributed by atoms with E-state index < -0.39 is 46.5 Å². The molecule has 4 rings (SSSR count). The normalized spacial score (nSPS) is 21.3. The van der Waals surface area contributed by atoms with Crippen LogP contribution >= 0.6 is 0 Å². The van der Waals surface area contributed by atoms with Crippen LogP contribution in [0.2, 0.25) is 0 Å². The Labute approximate surface area is 224 Å². The Morgan fingerprint density at radius 1 is 1.03 bits per heavy atom. The molecule has 1 aliphatic rings. The van der Waals surface area contributed by atoms with Crippen LogP contribution in [0, 0.1) is 0 Å². The molecule has 210 valence electrons. The maximum atomic E-state index is 12.7. The third-order valence-electron chi connectivity index (χ3n) is 6.17. The van der Waals surface area contributed by atoms with Gasteiger partial charge in [-0.2, -0.15) is 4.31 Å². The Morgan fingerprint density at radius 2 is 1.72 bits per heavy atom. The van der Waals surface area contributed by atoms with Crippen LogP contribution in [-0.4, -0.2) is 92.3 Å². The first-order valence-corrected chi connectivity index (χ1v) is 13.7. The van der Waals surface area contributed by atoms with Crippen molar-refractivity contribution in [3.63, 3.8) is 0 Å². The number of fused-ring (bicyclic) bond motifs is 1. The smallest absolute Gasteiger partial charge is 0.324 e. The van der Waals surface area contributed by atoms with Gasteiger partial charge in [0.25, 0.3) is 5.91 Å². The average molecular weight is 563 g/mol. The van der Waals surface area contributed by atoms with Gasteiger partial charge in [-0.3, -0.25) is 14.7 Å². The summed E-state index contributed by atoms with van der Waals surface area (Å²) in [6, 6.07) is 5.07. The summed E-state index contributed by atoms with van der Waals surface area (Å²) < 4.78 is 33.6. The van der Waals surface area contributed by atoms with Gasteiger partial charge in [-0.1, -0.05) is 13.8 Å². The molecule has 3 aromatic rings. The molecule has 15 nitrogen and oxygen atoms in total. The number of likely N-dealkylation sites (N-methyl/N-ethyl adjacent to an activating group) is 1. The molecule has 1 fully saturated rings. The number of hydrogen-bond acceptors (Lipinski definition) is 10. The van der Waals surface area contributed by atoms with Crippen LogP contribution in [0.15, 0.2) is 41.8 Å². The molecule has 2 aromatic heterocycles. The number of rotatable bonds is 9. The Kier molecular flexibility index (Phi) is 8.41. The zero-order valence-electron chi connectivity index (χ0n) is 21.5. The van der Waals surface area contributed by atoms with Crippen molar-refractivity contribution in [2.75, 3.05) is 30.3 Å². The van der Waals surface area contributed by atoms with Crippen molar-refractivity contribution in [2.45, 2.75) is 50.2 Å². The van der Waals surface area contributed by atoms with Crippen molar-refractivity contribution < 1.29 is 33.0 Å². The van der Waals surface area contributed by atoms with E-state index in [1.807, 2.05) is 0 Å². The van der Waals surface area contributed by atoms with Gasteiger partial charge in [0.15, 0.2) is 29.3 Å². The van der Waals surface area contributed by atoms with Crippen LogP contribution in [0.1, 0.15) is 27.0 Å². The van der Waals surface area contributed by atoms with Gasteiger partial charge in [-0.25, -0.2) is 28.2 Å². The highest BCUT2D eigenvalue weighted by Gasteiger charge is 2.47. The van der Waals surface area contributed by atoms with E-state index in [1.165, 1.54) is 45.8 Å². The summed E-state index contributed by atoms with van der Waals surface area (Å²) in [5.74, 6) is -0.520. The van der Waals surface area contributed by atoms with Gasteiger partial charge in [0.2, 0.25) is 10.0 Å². The zero-order chi connectivity index (χ0) is 28.3. The second-order valence-corrected chi connectivity index (χ2v) is 10.5. The molecule has 0 spiro atoms. The number of ether oxygens (including phenoxy) is 1. The Morgan fingerprint density at radius 3 is 2.36 bits per heavy atom. The summed E-state index contributed by atoms with van der Waals surface area (Å²) in [5.41, 5.74) is 0.689. The lowest BCUT2D eigenvalue weighted by molar-refractivity contribution is -0.137. The Bertz CT molecular complexity index is 1440. The number of carbonyl (C=O) groups excluding carboxylic acids is 2. The van der Waals surface area contributed by atoms with E-state index in [4.69, 9.17) is 4.74 Å². The first-order chi connectivity index (χ1) is 18.6. The second-order valence-electron chi connectivity index (χ2n) is 8.56. The minimum absolute atomic E-state index is 0.0466. The number of nitrogens with zero attached hydrogens (tertiary/aromatic N) is 5. The molecule has 16 heteroatoms. The van der Waals surface area contributed by atoms with Gasteiger partial charge in [0, 0.05) is 25.3 Å². The molecule has 1 aromatic carbocycles. The first-order valence-electron chi connectivity index (χ1n) is 12.3.